The lowest BCUT2D eigenvalue weighted by Crippen LogP contribution is -2.68. The van der Waals surface area contributed by atoms with Gasteiger partial charge in [-0.1, -0.05) is 6.92 Å². The molecule has 6 atom stereocenters. The Hall–Kier alpha value is -1.42. The number of nitrogens with two attached hydrogens (primary N) is 2. The maximum absolute atomic E-state index is 15.5. The van der Waals surface area contributed by atoms with Crippen LogP contribution in [-0.4, -0.2) is 124 Å². The number of nitrogens with one attached hydrogen (secondary N) is 3. The highest BCUT2D eigenvalue weighted by atomic mass is 32.2. The van der Waals surface area contributed by atoms with Crippen LogP contribution in [0.25, 0.3) is 0 Å². The van der Waals surface area contributed by atoms with Crippen molar-refractivity contribution in [1.29, 1.82) is 0 Å². The van der Waals surface area contributed by atoms with Crippen LogP contribution in [0.5, 0.6) is 0 Å². The summed E-state index contributed by atoms with van der Waals surface area (Å²) >= 11 is 0. The van der Waals surface area contributed by atoms with Crippen molar-refractivity contribution in [3.05, 3.63) is 11.5 Å². The van der Waals surface area contributed by atoms with Gasteiger partial charge in [-0.2, -0.15) is 4.31 Å². The average molecular weight is 617 g/mol. The van der Waals surface area contributed by atoms with Gasteiger partial charge in [-0.3, -0.25) is 9.69 Å². The first-order valence-corrected chi connectivity index (χ1v) is 17.2. The van der Waals surface area contributed by atoms with Gasteiger partial charge in [0.15, 0.2) is 0 Å². The van der Waals surface area contributed by atoms with Crippen molar-refractivity contribution in [2.75, 3.05) is 59.4 Å². The lowest BCUT2D eigenvalue weighted by Gasteiger charge is -2.48. The van der Waals surface area contributed by atoms with Gasteiger partial charge in [0.05, 0.1) is 29.4 Å². The van der Waals surface area contributed by atoms with Crippen molar-refractivity contribution in [1.82, 2.24) is 30.1 Å². The number of nitrogens with zero attached hydrogens (tertiary/aromatic N) is 3. The molecule has 4 heterocycles. The highest BCUT2D eigenvalue weighted by molar-refractivity contribution is 7.89. The van der Waals surface area contributed by atoms with E-state index in [0.717, 1.165) is 12.8 Å². The average Bonchev–Trinajstić information content (AvgIpc) is 2.95. The number of piperazine rings is 1. The summed E-state index contributed by atoms with van der Waals surface area (Å²) in [5, 5.41) is 8.90. The van der Waals surface area contributed by atoms with E-state index >= 15 is 4.39 Å². The first-order valence-electron chi connectivity index (χ1n) is 15.7. The number of hydrogen-bond donors (Lipinski definition) is 5. The van der Waals surface area contributed by atoms with Crippen LogP contribution < -0.4 is 27.4 Å². The summed E-state index contributed by atoms with van der Waals surface area (Å²) in [6, 6.07) is -1.57. The predicted octanol–water partition coefficient (Wildman–Crippen LogP) is -0.194. The fraction of sp³-hybridized carbons (Fsp3) is 0.893. The van der Waals surface area contributed by atoms with Gasteiger partial charge in [-0.05, 0) is 64.1 Å². The molecule has 14 heteroatoms. The highest BCUT2D eigenvalue weighted by Gasteiger charge is 2.48. The van der Waals surface area contributed by atoms with E-state index in [1.165, 1.54) is 0 Å². The molecule has 0 aromatic rings. The molecule has 4 saturated heterocycles. The molecular formula is C28H50F2N8O3S. The monoisotopic (exact) mass is 616 g/mol. The largest absolute Gasteiger partial charge is 0.383 e. The maximum Gasteiger partial charge on any atom is 0.228 e. The van der Waals surface area contributed by atoms with E-state index in [9.17, 15) is 17.6 Å². The molecule has 0 radical (unpaired) electrons. The van der Waals surface area contributed by atoms with Gasteiger partial charge in [0, 0.05) is 57.4 Å². The van der Waals surface area contributed by atoms with Gasteiger partial charge in [0.25, 0.3) is 0 Å². The van der Waals surface area contributed by atoms with Crippen LogP contribution in [0.15, 0.2) is 11.5 Å². The van der Waals surface area contributed by atoms with Crippen LogP contribution in [0.2, 0.25) is 0 Å². The third-order valence-corrected chi connectivity index (χ3v) is 13.0. The number of carbonyl (C=O) groups is 1. The van der Waals surface area contributed by atoms with Gasteiger partial charge in [0.2, 0.25) is 15.9 Å². The fourth-order valence-corrected chi connectivity index (χ4v) is 9.81. The predicted molar refractivity (Wildman–Crippen MR) is 158 cm³/mol. The molecule has 0 spiro atoms. The Balaban J connectivity index is 1.25. The van der Waals surface area contributed by atoms with Gasteiger partial charge < -0.3 is 32.3 Å². The number of fused-ring (bicyclic) bond motifs is 2. The second kappa shape index (κ2) is 12.9. The summed E-state index contributed by atoms with van der Waals surface area (Å²) in [5.74, 6) is -1.35. The zero-order valence-corrected chi connectivity index (χ0v) is 25.8. The quantitative estimate of drug-likeness (QED) is 0.234. The standard InChI is InChI=1S/C28H50F2N8O3S/c1-3-28-7-4-19(29)21(14-28)34-22(15-28)24(26(31)32)27(39)35-23-17-33-16-20(30)25(23)37-8-5-18(6-9-37)42(40,41)38-12-10-36(2)11-13-38/h18,20,22-26,33-34H,3-17,31-32H2,1-2H3,(H,35,39). The lowest BCUT2D eigenvalue weighted by atomic mass is 9.65. The summed E-state index contributed by atoms with van der Waals surface area (Å²) in [7, 11) is -1.43. The Morgan fingerprint density at radius 2 is 1.83 bits per heavy atom. The third kappa shape index (κ3) is 6.50. The molecule has 0 aromatic heterocycles. The number of sulfonamides is 1. The van der Waals surface area contributed by atoms with Gasteiger partial charge in [-0.15, -0.1) is 0 Å². The molecule has 1 aliphatic carbocycles. The Morgan fingerprint density at radius 1 is 1.14 bits per heavy atom. The van der Waals surface area contributed by atoms with Crippen LogP contribution in [0.1, 0.15) is 51.9 Å². The minimum atomic E-state index is -3.42. The number of likely N-dealkylation sites (N-methyl/N-ethyl adjacent to an activating group) is 1. The number of halogens is 2. The zero-order valence-electron chi connectivity index (χ0n) is 25.0. The molecule has 4 fully saturated rings. The van der Waals surface area contributed by atoms with E-state index in [0.29, 0.717) is 83.6 Å². The number of carbonyl (C=O) groups excluding carboxylic acids is 1. The Kier molecular flexibility index (Phi) is 9.82. The molecule has 5 rings (SSSR count). The topological polar surface area (TPSA) is 149 Å². The van der Waals surface area contributed by atoms with E-state index in [1.54, 1.807) is 4.31 Å². The molecule has 4 aliphatic heterocycles. The molecule has 6 unspecified atom stereocenters. The third-order valence-electron chi connectivity index (χ3n) is 10.6. The van der Waals surface area contributed by atoms with E-state index in [4.69, 9.17) is 11.5 Å². The summed E-state index contributed by atoms with van der Waals surface area (Å²) in [6.07, 6.45) is 1.91. The smallest absolute Gasteiger partial charge is 0.228 e. The first kappa shape index (κ1) is 32.0. The van der Waals surface area contributed by atoms with Crippen LogP contribution in [0, 0.1) is 11.3 Å². The summed E-state index contributed by atoms with van der Waals surface area (Å²) < 4.78 is 58.4. The summed E-state index contributed by atoms with van der Waals surface area (Å²) in [4.78, 5) is 17.9. The van der Waals surface area contributed by atoms with Gasteiger partial charge in [-0.25, -0.2) is 17.2 Å². The van der Waals surface area contributed by atoms with Crippen molar-refractivity contribution < 1.29 is 22.0 Å². The minimum absolute atomic E-state index is 0.0952. The van der Waals surface area contributed by atoms with E-state index in [1.807, 2.05) is 11.9 Å². The van der Waals surface area contributed by atoms with E-state index in [2.05, 4.69) is 27.8 Å². The van der Waals surface area contributed by atoms with E-state index in [-0.39, 0.29) is 23.7 Å². The number of rotatable bonds is 8. The van der Waals surface area contributed by atoms with Crippen LogP contribution in [-0.2, 0) is 14.8 Å². The molecule has 0 saturated carbocycles. The van der Waals surface area contributed by atoms with Crippen molar-refractivity contribution in [2.24, 2.45) is 22.8 Å². The number of allylic oxidation sites excluding steroid dienone is 2. The molecule has 2 bridgehead atoms. The molecule has 1 amide bonds. The first-order chi connectivity index (χ1) is 19.9. The molecular weight excluding hydrogens is 566 g/mol. The number of amides is 1. The molecule has 42 heavy (non-hydrogen) atoms. The normalized spacial score (nSPS) is 35.2. The molecule has 7 N–H and O–H groups in total. The lowest BCUT2D eigenvalue weighted by molar-refractivity contribution is -0.129. The van der Waals surface area contributed by atoms with Gasteiger partial charge >= 0.3 is 0 Å². The van der Waals surface area contributed by atoms with E-state index < -0.39 is 51.7 Å². The summed E-state index contributed by atoms with van der Waals surface area (Å²) in [6.45, 7) is 5.93. The number of piperidine rings is 3. The van der Waals surface area contributed by atoms with Gasteiger partial charge in [0.1, 0.15) is 12.0 Å². The minimum Gasteiger partial charge on any atom is -0.383 e. The molecule has 0 aromatic carbocycles. The van der Waals surface area contributed by atoms with Crippen LogP contribution in [0.4, 0.5) is 8.78 Å². The summed E-state index contributed by atoms with van der Waals surface area (Å²) in [5.41, 5.74) is 12.8. The number of alkyl halides is 1. The second-order valence-electron chi connectivity index (χ2n) is 13.2. The SMILES string of the molecule is CCC12CCC(F)=C(C1)NC(C(C(=O)NC1CNCC(F)C1N1CCC(S(=O)(=O)N3CCN(C)CC3)CC1)C(N)N)C2. The van der Waals surface area contributed by atoms with Crippen molar-refractivity contribution in [3.8, 4) is 0 Å². The highest BCUT2D eigenvalue weighted by Crippen LogP contribution is 2.49. The molecule has 5 aliphatic rings. The van der Waals surface area contributed by atoms with Crippen molar-refractivity contribution in [3.63, 3.8) is 0 Å². The van der Waals surface area contributed by atoms with Crippen molar-refractivity contribution >= 4 is 15.9 Å². The number of likely N-dealkylation sites (tertiary alicyclic amines) is 1. The fourth-order valence-electron chi connectivity index (χ4n) is 7.91. The second-order valence-corrected chi connectivity index (χ2v) is 15.4. The van der Waals surface area contributed by atoms with Crippen LogP contribution >= 0.6 is 0 Å². The van der Waals surface area contributed by atoms with Crippen LogP contribution in [0.3, 0.4) is 0 Å². The molecule has 11 nitrogen and oxygen atoms in total. The van der Waals surface area contributed by atoms with Crippen molar-refractivity contribution in [2.45, 2.75) is 87.6 Å². The Labute approximate surface area is 249 Å². The molecule has 240 valence electrons. The Morgan fingerprint density at radius 3 is 2.48 bits per heavy atom. The number of hydrogen-bond acceptors (Lipinski definition) is 9. The Bertz CT molecular complexity index is 1110. The zero-order chi connectivity index (χ0) is 30.2. The maximum atomic E-state index is 15.5.